The molecule has 0 aromatic carbocycles. The third kappa shape index (κ3) is 2.25. The number of rotatable bonds is 3. The van der Waals surface area contributed by atoms with E-state index in [-0.39, 0.29) is 11.8 Å². The van der Waals surface area contributed by atoms with Gasteiger partial charge in [-0.3, -0.25) is 4.90 Å². The largest absolute Gasteiger partial charge is 0.475 e. The van der Waals surface area contributed by atoms with Gasteiger partial charge in [0, 0.05) is 24.7 Å². The first-order valence-corrected chi connectivity index (χ1v) is 5.37. The van der Waals surface area contributed by atoms with Crippen LogP contribution in [0.5, 0.6) is 0 Å². The van der Waals surface area contributed by atoms with E-state index in [9.17, 15) is 4.79 Å². The van der Waals surface area contributed by atoms with Crippen LogP contribution < -0.4 is 5.73 Å². The average Bonchev–Trinajstić information content (AvgIpc) is 2.73. The fraction of sp³-hybridized carbons (Fsp3) is 0.545. The monoisotopic (exact) mass is 224 g/mol. The van der Waals surface area contributed by atoms with Crippen molar-refractivity contribution in [2.24, 2.45) is 5.73 Å². The minimum atomic E-state index is -1.01. The lowest BCUT2D eigenvalue weighted by Gasteiger charge is -2.12. The Morgan fingerprint density at radius 1 is 1.75 bits per heavy atom. The predicted molar refractivity (Wildman–Crippen MR) is 58.3 cm³/mol. The fourth-order valence-electron chi connectivity index (χ4n) is 2.06. The van der Waals surface area contributed by atoms with Gasteiger partial charge in [-0.15, -0.1) is 0 Å². The maximum Gasteiger partial charge on any atom is 0.372 e. The summed E-state index contributed by atoms with van der Waals surface area (Å²) in [6.45, 7) is 4.18. The van der Waals surface area contributed by atoms with Gasteiger partial charge in [0.1, 0.15) is 5.76 Å². The van der Waals surface area contributed by atoms with Crippen molar-refractivity contribution in [2.45, 2.75) is 25.9 Å². The Labute approximate surface area is 93.8 Å². The highest BCUT2D eigenvalue weighted by atomic mass is 16.4. The van der Waals surface area contributed by atoms with Gasteiger partial charge < -0.3 is 15.3 Å². The number of furan rings is 1. The Bertz CT molecular complexity index is 400. The molecule has 0 saturated carbocycles. The van der Waals surface area contributed by atoms with E-state index in [0.29, 0.717) is 17.9 Å². The standard InChI is InChI=1S/C11H16N2O3/c1-7-4-9(16-10(7)11(14)15)6-13-3-2-8(12)5-13/h4,8H,2-3,5-6,12H2,1H3,(H,14,15). The van der Waals surface area contributed by atoms with E-state index in [4.69, 9.17) is 15.3 Å². The summed E-state index contributed by atoms with van der Waals surface area (Å²) in [5.74, 6) is -0.274. The Morgan fingerprint density at radius 3 is 3.00 bits per heavy atom. The molecule has 3 N–H and O–H groups in total. The maximum atomic E-state index is 10.8. The lowest BCUT2D eigenvalue weighted by atomic mass is 10.2. The zero-order valence-corrected chi connectivity index (χ0v) is 9.27. The molecule has 1 unspecified atom stereocenters. The third-order valence-electron chi connectivity index (χ3n) is 2.85. The van der Waals surface area contributed by atoms with Crippen LogP contribution in [0.25, 0.3) is 0 Å². The molecule has 2 rings (SSSR count). The molecule has 2 heterocycles. The molecular formula is C11H16N2O3. The number of carboxylic acids is 1. The second kappa shape index (κ2) is 4.27. The van der Waals surface area contributed by atoms with Crippen molar-refractivity contribution in [2.75, 3.05) is 13.1 Å². The van der Waals surface area contributed by atoms with Crippen LogP contribution in [-0.2, 0) is 6.54 Å². The maximum absolute atomic E-state index is 10.8. The Kier molecular flexibility index (Phi) is 2.98. The van der Waals surface area contributed by atoms with Gasteiger partial charge in [-0.05, 0) is 19.4 Å². The normalized spacial score (nSPS) is 21.5. The lowest BCUT2D eigenvalue weighted by Crippen LogP contribution is -2.26. The summed E-state index contributed by atoms with van der Waals surface area (Å²) in [6.07, 6.45) is 0.992. The van der Waals surface area contributed by atoms with E-state index in [0.717, 1.165) is 19.5 Å². The summed E-state index contributed by atoms with van der Waals surface area (Å²) in [7, 11) is 0. The van der Waals surface area contributed by atoms with Crippen molar-refractivity contribution in [1.29, 1.82) is 0 Å². The number of likely N-dealkylation sites (tertiary alicyclic amines) is 1. The van der Waals surface area contributed by atoms with E-state index in [1.54, 1.807) is 13.0 Å². The van der Waals surface area contributed by atoms with Gasteiger partial charge >= 0.3 is 5.97 Å². The van der Waals surface area contributed by atoms with Gasteiger partial charge in [-0.2, -0.15) is 0 Å². The zero-order valence-electron chi connectivity index (χ0n) is 9.27. The highest BCUT2D eigenvalue weighted by Crippen LogP contribution is 2.18. The molecule has 1 aliphatic heterocycles. The van der Waals surface area contributed by atoms with Crippen molar-refractivity contribution < 1.29 is 14.3 Å². The minimum Gasteiger partial charge on any atom is -0.475 e. The SMILES string of the molecule is Cc1cc(CN2CCC(N)C2)oc1C(=O)O. The van der Waals surface area contributed by atoms with Gasteiger partial charge in [0.25, 0.3) is 0 Å². The number of aromatic carboxylic acids is 1. The summed E-state index contributed by atoms with van der Waals surface area (Å²) in [5, 5.41) is 8.85. The number of carboxylic acid groups (broad SMARTS) is 1. The van der Waals surface area contributed by atoms with Crippen LogP contribution in [0, 0.1) is 6.92 Å². The molecule has 0 amide bonds. The Balaban J connectivity index is 2.05. The summed E-state index contributed by atoms with van der Waals surface area (Å²) >= 11 is 0. The summed E-state index contributed by atoms with van der Waals surface area (Å²) in [5.41, 5.74) is 6.47. The van der Waals surface area contributed by atoms with Crippen LogP contribution >= 0.6 is 0 Å². The van der Waals surface area contributed by atoms with Crippen molar-refractivity contribution in [1.82, 2.24) is 4.90 Å². The van der Waals surface area contributed by atoms with Gasteiger partial charge in [0.15, 0.2) is 0 Å². The van der Waals surface area contributed by atoms with Crippen molar-refractivity contribution in [3.8, 4) is 0 Å². The first kappa shape index (κ1) is 11.2. The van der Waals surface area contributed by atoms with Gasteiger partial charge in [-0.1, -0.05) is 0 Å². The van der Waals surface area contributed by atoms with Crippen molar-refractivity contribution in [3.05, 3.63) is 23.2 Å². The van der Waals surface area contributed by atoms with Crippen LogP contribution in [0.3, 0.4) is 0 Å². The van der Waals surface area contributed by atoms with Crippen LogP contribution in [-0.4, -0.2) is 35.1 Å². The molecule has 1 aromatic heterocycles. The zero-order chi connectivity index (χ0) is 11.7. The summed E-state index contributed by atoms with van der Waals surface area (Å²) < 4.78 is 5.29. The molecule has 0 bridgehead atoms. The summed E-state index contributed by atoms with van der Waals surface area (Å²) in [6, 6.07) is 2.02. The van der Waals surface area contributed by atoms with Crippen LogP contribution in [0.1, 0.15) is 28.3 Å². The Hall–Kier alpha value is -1.33. The van der Waals surface area contributed by atoms with Crippen molar-refractivity contribution in [3.63, 3.8) is 0 Å². The topological polar surface area (TPSA) is 79.7 Å². The third-order valence-corrected chi connectivity index (χ3v) is 2.85. The number of hydrogen-bond acceptors (Lipinski definition) is 4. The van der Waals surface area contributed by atoms with E-state index in [1.807, 2.05) is 0 Å². The molecule has 1 atom stereocenters. The molecule has 1 saturated heterocycles. The molecule has 1 aromatic rings. The molecule has 0 spiro atoms. The molecule has 0 radical (unpaired) electrons. The van der Waals surface area contributed by atoms with E-state index < -0.39 is 5.97 Å². The quantitative estimate of drug-likeness (QED) is 0.794. The lowest BCUT2D eigenvalue weighted by molar-refractivity contribution is 0.0657. The van der Waals surface area contributed by atoms with E-state index in [2.05, 4.69) is 4.90 Å². The van der Waals surface area contributed by atoms with E-state index >= 15 is 0 Å². The first-order chi connectivity index (χ1) is 7.56. The highest BCUT2D eigenvalue weighted by molar-refractivity contribution is 5.86. The number of aryl methyl sites for hydroxylation is 1. The van der Waals surface area contributed by atoms with Crippen LogP contribution in [0.15, 0.2) is 10.5 Å². The van der Waals surface area contributed by atoms with Crippen LogP contribution in [0.4, 0.5) is 0 Å². The Morgan fingerprint density at radius 2 is 2.50 bits per heavy atom. The molecule has 1 aliphatic rings. The highest BCUT2D eigenvalue weighted by Gasteiger charge is 2.21. The van der Waals surface area contributed by atoms with Crippen LogP contribution in [0.2, 0.25) is 0 Å². The first-order valence-electron chi connectivity index (χ1n) is 5.37. The number of carbonyl (C=O) groups is 1. The minimum absolute atomic E-state index is 0.0403. The molecule has 16 heavy (non-hydrogen) atoms. The molecule has 0 aliphatic carbocycles. The molecule has 1 fully saturated rings. The van der Waals surface area contributed by atoms with Gasteiger partial charge in [0.2, 0.25) is 5.76 Å². The predicted octanol–water partition coefficient (Wildman–Crippen LogP) is 0.819. The molecular weight excluding hydrogens is 208 g/mol. The number of hydrogen-bond donors (Lipinski definition) is 2. The number of nitrogens with two attached hydrogens (primary N) is 1. The molecule has 5 nitrogen and oxygen atoms in total. The number of nitrogens with zero attached hydrogens (tertiary/aromatic N) is 1. The second-order valence-electron chi connectivity index (χ2n) is 4.31. The summed E-state index contributed by atoms with van der Waals surface area (Å²) in [4.78, 5) is 13.0. The van der Waals surface area contributed by atoms with Gasteiger partial charge in [-0.25, -0.2) is 4.79 Å². The molecule has 88 valence electrons. The second-order valence-corrected chi connectivity index (χ2v) is 4.31. The molecule has 5 heteroatoms. The van der Waals surface area contributed by atoms with Gasteiger partial charge in [0.05, 0.1) is 6.54 Å². The smallest absolute Gasteiger partial charge is 0.372 e. The average molecular weight is 224 g/mol. The fourth-order valence-corrected chi connectivity index (χ4v) is 2.06. The van der Waals surface area contributed by atoms with E-state index in [1.165, 1.54) is 0 Å². The van der Waals surface area contributed by atoms with Crippen molar-refractivity contribution >= 4 is 5.97 Å².